The van der Waals surface area contributed by atoms with Crippen molar-refractivity contribution >= 4 is 14.3 Å². The summed E-state index contributed by atoms with van der Waals surface area (Å²) in [6.07, 6.45) is 17.7. The van der Waals surface area contributed by atoms with Gasteiger partial charge in [-0.15, -0.1) is 0 Å². The van der Waals surface area contributed by atoms with Crippen LogP contribution in [0.15, 0.2) is 36.5 Å². The van der Waals surface area contributed by atoms with Crippen molar-refractivity contribution in [3.8, 4) is 0 Å². The van der Waals surface area contributed by atoms with Crippen LogP contribution in [0.5, 0.6) is 0 Å². The summed E-state index contributed by atoms with van der Waals surface area (Å²) in [5.74, 6) is 0.295. The molecule has 176 valence electrons. The predicted molar refractivity (Wildman–Crippen MR) is 130 cm³/mol. The third-order valence-electron chi connectivity index (χ3n) is 6.92. The summed E-state index contributed by atoms with van der Waals surface area (Å²) in [6.45, 7) is 13.4. The Morgan fingerprint density at radius 3 is 2.68 bits per heavy atom. The van der Waals surface area contributed by atoms with Crippen LogP contribution in [0.4, 0.5) is 0 Å². The molecule has 1 aliphatic carbocycles. The number of hydrogen-bond acceptors (Lipinski definition) is 4. The van der Waals surface area contributed by atoms with Gasteiger partial charge in [-0.2, -0.15) is 0 Å². The van der Waals surface area contributed by atoms with Crippen molar-refractivity contribution in [3.05, 3.63) is 36.5 Å². The van der Waals surface area contributed by atoms with Crippen LogP contribution in [-0.4, -0.2) is 37.7 Å². The van der Waals surface area contributed by atoms with E-state index < -0.39 is 14.4 Å². The van der Waals surface area contributed by atoms with Crippen molar-refractivity contribution in [1.82, 2.24) is 0 Å². The number of aliphatic hydroxyl groups excluding tert-OH is 1. The largest absolute Gasteiger partial charge is 0.462 e. The molecule has 0 spiro atoms. The van der Waals surface area contributed by atoms with Gasteiger partial charge in [0.2, 0.25) is 0 Å². The molecule has 0 amide bonds. The molecule has 1 fully saturated rings. The standard InChI is InChI=1S/C26H44O4Si/c1-7-8-11-14-20(30-31(5,6)26(2,3)4)17-18-23(27)21-19-22(21)24-15-12-9-10-13-16-25(28)29-24/h8-9,11-12,17-18,20-24,27H,7,10,13-16,19H2,1-6H3/b11-8-,12-9-,18-17+/t20-,21+,22+,23-,24-/m0/s1. The monoisotopic (exact) mass is 448 g/mol. The maximum absolute atomic E-state index is 12.0. The zero-order chi connectivity index (χ0) is 23.1. The zero-order valence-electron chi connectivity index (χ0n) is 20.5. The zero-order valence-corrected chi connectivity index (χ0v) is 21.5. The topological polar surface area (TPSA) is 55.8 Å². The van der Waals surface area contributed by atoms with Gasteiger partial charge in [0.15, 0.2) is 8.32 Å². The third-order valence-corrected chi connectivity index (χ3v) is 11.4. The highest BCUT2D eigenvalue weighted by Gasteiger charge is 2.47. The summed E-state index contributed by atoms with van der Waals surface area (Å²) >= 11 is 0. The van der Waals surface area contributed by atoms with Crippen LogP contribution >= 0.6 is 0 Å². The van der Waals surface area contributed by atoms with E-state index in [1.807, 2.05) is 6.08 Å². The first-order valence-corrected chi connectivity index (χ1v) is 15.0. The average molecular weight is 449 g/mol. The third kappa shape index (κ3) is 8.36. The molecule has 0 saturated heterocycles. The summed E-state index contributed by atoms with van der Waals surface area (Å²) in [5.41, 5.74) is 0. The van der Waals surface area contributed by atoms with Crippen LogP contribution in [0.3, 0.4) is 0 Å². The van der Waals surface area contributed by atoms with E-state index >= 15 is 0 Å². The van der Waals surface area contributed by atoms with Crippen LogP contribution in [0, 0.1) is 11.8 Å². The van der Waals surface area contributed by atoms with Crippen LogP contribution in [0.1, 0.15) is 72.6 Å². The van der Waals surface area contributed by atoms with E-state index in [4.69, 9.17) is 9.16 Å². The molecule has 0 aromatic carbocycles. The molecule has 1 saturated carbocycles. The number of carbonyl (C=O) groups is 1. The molecule has 2 rings (SSSR count). The predicted octanol–water partition coefficient (Wildman–Crippen LogP) is 6.33. The summed E-state index contributed by atoms with van der Waals surface area (Å²) in [5, 5.41) is 10.9. The number of carbonyl (C=O) groups excluding carboxylic acids is 1. The van der Waals surface area contributed by atoms with Gasteiger partial charge < -0.3 is 14.3 Å². The number of allylic oxidation sites excluding steroid dienone is 2. The van der Waals surface area contributed by atoms with Crippen molar-refractivity contribution < 1.29 is 19.1 Å². The fourth-order valence-corrected chi connectivity index (χ4v) is 5.09. The number of ether oxygens (including phenoxy) is 1. The fourth-order valence-electron chi connectivity index (χ4n) is 3.81. The molecule has 1 N–H and O–H groups in total. The first-order chi connectivity index (χ1) is 14.5. The molecule has 0 aromatic rings. The normalized spacial score (nSPS) is 28.6. The first kappa shape index (κ1) is 26.1. The van der Waals surface area contributed by atoms with Crippen LogP contribution in [0.2, 0.25) is 18.1 Å². The maximum atomic E-state index is 12.0. The highest BCUT2D eigenvalue weighted by molar-refractivity contribution is 6.74. The molecule has 1 aliphatic heterocycles. The molecule has 0 aromatic heterocycles. The Balaban J connectivity index is 1.99. The van der Waals surface area contributed by atoms with Gasteiger partial charge in [0.1, 0.15) is 6.10 Å². The molecule has 0 bridgehead atoms. The number of cyclic esters (lactones) is 1. The van der Waals surface area contributed by atoms with Gasteiger partial charge in [-0.25, -0.2) is 0 Å². The second-order valence-electron chi connectivity index (χ2n) is 10.6. The Hall–Kier alpha value is -1.17. The average Bonchev–Trinajstić information content (AvgIpc) is 3.45. The lowest BCUT2D eigenvalue weighted by Crippen LogP contribution is -2.43. The molecule has 0 unspecified atom stereocenters. The SMILES string of the molecule is CC/C=C\C[C@@H](/C=C/[C@H](O)[C@@H]1C[C@H]1[C@@H]1C/C=C\CCCC(=O)O1)O[Si](C)(C)C(C)(C)C. The summed E-state index contributed by atoms with van der Waals surface area (Å²) in [6, 6.07) is 0. The van der Waals surface area contributed by atoms with E-state index in [9.17, 15) is 9.90 Å². The quantitative estimate of drug-likeness (QED) is 0.254. The van der Waals surface area contributed by atoms with Gasteiger partial charge in [-0.1, -0.05) is 64.2 Å². The second-order valence-corrected chi connectivity index (χ2v) is 15.4. The van der Waals surface area contributed by atoms with Crippen molar-refractivity contribution in [2.45, 2.75) is 109 Å². The number of hydrogen-bond donors (Lipinski definition) is 1. The van der Waals surface area contributed by atoms with E-state index in [2.05, 4.69) is 71.2 Å². The van der Waals surface area contributed by atoms with Crippen molar-refractivity contribution in [2.24, 2.45) is 11.8 Å². The Labute approximate surface area is 190 Å². The van der Waals surface area contributed by atoms with Crippen molar-refractivity contribution in [1.29, 1.82) is 0 Å². The lowest BCUT2D eigenvalue weighted by atomic mass is 10.1. The van der Waals surface area contributed by atoms with Gasteiger partial charge in [0.05, 0.1) is 12.2 Å². The minimum atomic E-state index is -1.91. The Bertz CT molecular complexity index is 659. The van der Waals surface area contributed by atoms with Crippen LogP contribution < -0.4 is 0 Å². The minimum Gasteiger partial charge on any atom is -0.462 e. The Kier molecular flexibility index (Phi) is 9.78. The second kappa shape index (κ2) is 11.6. The molecule has 31 heavy (non-hydrogen) atoms. The molecule has 5 atom stereocenters. The summed E-state index contributed by atoms with van der Waals surface area (Å²) in [7, 11) is -1.91. The molecule has 0 radical (unpaired) electrons. The molecular formula is C26H44O4Si. The molecule has 5 heteroatoms. The van der Waals surface area contributed by atoms with Gasteiger partial charge in [-0.3, -0.25) is 4.79 Å². The van der Waals surface area contributed by atoms with Gasteiger partial charge >= 0.3 is 5.97 Å². The van der Waals surface area contributed by atoms with E-state index in [1.165, 1.54) is 0 Å². The van der Waals surface area contributed by atoms with Gasteiger partial charge in [0.25, 0.3) is 0 Å². The maximum Gasteiger partial charge on any atom is 0.306 e. The molecule has 4 nitrogen and oxygen atoms in total. The van der Waals surface area contributed by atoms with E-state index in [0.717, 1.165) is 38.5 Å². The molecule has 2 aliphatic rings. The number of aliphatic hydroxyl groups is 1. The van der Waals surface area contributed by atoms with E-state index in [-0.39, 0.29) is 35.1 Å². The van der Waals surface area contributed by atoms with E-state index in [0.29, 0.717) is 6.42 Å². The Morgan fingerprint density at radius 2 is 2.00 bits per heavy atom. The highest BCUT2D eigenvalue weighted by atomic mass is 28.4. The fraction of sp³-hybridized carbons (Fsp3) is 0.731. The minimum absolute atomic E-state index is 0.0267. The lowest BCUT2D eigenvalue weighted by molar-refractivity contribution is -0.150. The first-order valence-electron chi connectivity index (χ1n) is 12.1. The van der Waals surface area contributed by atoms with Crippen LogP contribution in [0.25, 0.3) is 0 Å². The smallest absolute Gasteiger partial charge is 0.306 e. The summed E-state index contributed by atoms with van der Waals surface area (Å²) in [4.78, 5) is 12.0. The van der Waals surface area contributed by atoms with Gasteiger partial charge in [-0.05, 0) is 56.2 Å². The highest BCUT2D eigenvalue weighted by Crippen LogP contribution is 2.46. The van der Waals surface area contributed by atoms with Crippen molar-refractivity contribution in [3.63, 3.8) is 0 Å². The van der Waals surface area contributed by atoms with Crippen LogP contribution in [-0.2, 0) is 14.0 Å². The Morgan fingerprint density at radius 1 is 1.26 bits per heavy atom. The summed E-state index contributed by atoms with van der Waals surface area (Å²) < 4.78 is 12.3. The van der Waals surface area contributed by atoms with Crippen molar-refractivity contribution in [2.75, 3.05) is 0 Å². The number of rotatable bonds is 9. The molecule has 1 heterocycles. The molecular weight excluding hydrogens is 404 g/mol. The lowest BCUT2D eigenvalue weighted by Gasteiger charge is -2.38. The van der Waals surface area contributed by atoms with E-state index in [1.54, 1.807) is 0 Å². The number of esters is 1. The van der Waals surface area contributed by atoms with Gasteiger partial charge in [0, 0.05) is 18.8 Å².